The number of fused-ring (bicyclic) bond motifs is 1. The third-order valence-corrected chi connectivity index (χ3v) is 9.88. The molecule has 200 valence electrons. The summed E-state index contributed by atoms with van der Waals surface area (Å²) in [6.07, 6.45) is 9.87. The number of nitrogens with zero attached hydrogens (tertiary/aromatic N) is 3. The number of carbonyl (C=O) groups is 3. The largest absolute Gasteiger partial charge is 0.383 e. The van der Waals surface area contributed by atoms with Crippen LogP contribution in [0.1, 0.15) is 86.0 Å². The molecule has 5 heterocycles. The molecule has 1 unspecified atom stereocenters. The first-order valence-electron chi connectivity index (χ1n) is 14.1. The average molecular weight is 510 g/mol. The molecule has 0 aromatic carbocycles. The number of hydrogen-bond donors (Lipinski definition) is 3. The van der Waals surface area contributed by atoms with Crippen molar-refractivity contribution in [3.8, 4) is 0 Å². The smallest absolute Gasteiger partial charge is 0.256 e. The molecule has 0 radical (unpaired) electrons. The van der Waals surface area contributed by atoms with Gasteiger partial charge in [-0.15, -0.1) is 0 Å². The molecule has 1 aromatic rings. The lowest BCUT2D eigenvalue weighted by atomic mass is 9.65. The van der Waals surface area contributed by atoms with Gasteiger partial charge in [0.1, 0.15) is 11.6 Å². The zero-order chi connectivity index (χ0) is 25.6. The second-order valence-corrected chi connectivity index (χ2v) is 12.1. The number of pyridine rings is 1. The van der Waals surface area contributed by atoms with Crippen LogP contribution >= 0.6 is 0 Å². The quantitative estimate of drug-likeness (QED) is 0.529. The van der Waals surface area contributed by atoms with Crippen LogP contribution in [0.3, 0.4) is 0 Å². The van der Waals surface area contributed by atoms with E-state index in [-0.39, 0.29) is 24.8 Å². The Hall–Kier alpha value is -2.36. The number of amides is 3. The molecule has 1 aromatic heterocycles. The summed E-state index contributed by atoms with van der Waals surface area (Å²) >= 11 is 0. The molecule has 0 bridgehead atoms. The van der Waals surface area contributed by atoms with Crippen LogP contribution in [0.5, 0.6) is 0 Å². The third-order valence-electron chi connectivity index (χ3n) is 9.88. The minimum absolute atomic E-state index is 0.227. The highest BCUT2D eigenvalue weighted by atomic mass is 16.3. The van der Waals surface area contributed by atoms with Gasteiger partial charge in [-0.25, -0.2) is 0 Å². The van der Waals surface area contributed by atoms with E-state index >= 15 is 0 Å². The van der Waals surface area contributed by atoms with Crippen LogP contribution in [0.2, 0.25) is 0 Å². The minimum Gasteiger partial charge on any atom is -0.383 e. The number of aliphatic hydroxyl groups is 1. The number of nitrogens with one attached hydrogen (secondary N) is 2. The fourth-order valence-corrected chi connectivity index (χ4v) is 7.35. The normalized spacial score (nSPS) is 28.4. The first-order valence-corrected chi connectivity index (χ1v) is 14.1. The molecule has 1 aliphatic carbocycles. The van der Waals surface area contributed by atoms with E-state index in [1.165, 1.54) is 56.5 Å². The monoisotopic (exact) mass is 509 g/mol. The van der Waals surface area contributed by atoms with E-state index in [4.69, 9.17) is 4.98 Å². The van der Waals surface area contributed by atoms with Crippen LogP contribution in [0.25, 0.3) is 0 Å². The molecular formula is C28H39N5O4. The molecule has 3 saturated heterocycles. The predicted octanol–water partition coefficient (Wildman–Crippen LogP) is 1.69. The molecule has 4 fully saturated rings. The van der Waals surface area contributed by atoms with Crippen molar-refractivity contribution in [2.24, 2.45) is 11.3 Å². The van der Waals surface area contributed by atoms with Crippen molar-refractivity contribution in [1.82, 2.24) is 25.4 Å². The van der Waals surface area contributed by atoms with Gasteiger partial charge < -0.3 is 20.2 Å². The van der Waals surface area contributed by atoms with E-state index < -0.39 is 17.6 Å². The van der Waals surface area contributed by atoms with Crippen LogP contribution in [-0.2, 0) is 21.7 Å². The first kappa shape index (κ1) is 24.9. The van der Waals surface area contributed by atoms with E-state index in [1.807, 2.05) is 0 Å². The topological polar surface area (TPSA) is 115 Å². The molecule has 6 rings (SSSR count). The van der Waals surface area contributed by atoms with E-state index in [0.717, 1.165) is 25.6 Å². The summed E-state index contributed by atoms with van der Waals surface area (Å²) in [7, 11) is 0. The van der Waals surface area contributed by atoms with E-state index in [1.54, 1.807) is 12.1 Å². The number of rotatable bonds is 4. The van der Waals surface area contributed by atoms with Crippen LogP contribution in [-0.4, -0.2) is 76.4 Å². The lowest BCUT2D eigenvalue weighted by Crippen LogP contribution is -2.52. The van der Waals surface area contributed by atoms with Gasteiger partial charge in [0.25, 0.3) is 5.91 Å². The molecule has 9 nitrogen and oxygen atoms in total. The van der Waals surface area contributed by atoms with Crippen molar-refractivity contribution in [3.05, 3.63) is 29.1 Å². The number of likely N-dealkylation sites (tertiary alicyclic amines) is 1. The molecule has 1 saturated carbocycles. The highest BCUT2D eigenvalue weighted by Crippen LogP contribution is 2.45. The Bertz CT molecular complexity index is 1070. The number of hydrogen-bond acceptors (Lipinski definition) is 7. The van der Waals surface area contributed by atoms with Gasteiger partial charge in [0.15, 0.2) is 0 Å². The van der Waals surface area contributed by atoms with Gasteiger partial charge in [0, 0.05) is 26.1 Å². The van der Waals surface area contributed by atoms with Crippen molar-refractivity contribution in [1.29, 1.82) is 0 Å². The summed E-state index contributed by atoms with van der Waals surface area (Å²) in [5, 5.41) is 17.4. The lowest BCUT2D eigenvalue weighted by molar-refractivity contribution is -0.136. The van der Waals surface area contributed by atoms with Gasteiger partial charge >= 0.3 is 0 Å². The van der Waals surface area contributed by atoms with Gasteiger partial charge in [-0.2, -0.15) is 0 Å². The Labute approximate surface area is 218 Å². The maximum Gasteiger partial charge on any atom is 0.256 e. The third kappa shape index (κ3) is 4.81. The fraction of sp³-hybridized carbons (Fsp3) is 0.714. The van der Waals surface area contributed by atoms with Gasteiger partial charge in [-0.05, 0) is 94.3 Å². The summed E-state index contributed by atoms with van der Waals surface area (Å²) in [5.74, 6) is -0.195. The maximum absolute atomic E-state index is 13.0. The zero-order valence-electron chi connectivity index (χ0n) is 21.6. The minimum atomic E-state index is -0.998. The van der Waals surface area contributed by atoms with Crippen molar-refractivity contribution >= 4 is 17.7 Å². The van der Waals surface area contributed by atoms with Crippen molar-refractivity contribution in [2.45, 2.75) is 82.4 Å². The summed E-state index contributed by atoms with van der Waals surface area (Å²) in [6.45, 7) is 5.40. The second kappa shape index (κ2) is 9.75. The first-order chi connectivity index (χ1) is 17.8. The number of carbonyl (C=O) groups excluding carboxylic acids is 3. The Morgan fingerprint density at radius 3 is 2.41 bits per heavy atom. The molecule has 1 atom stereocenters. The highest BCUT2D eigenvalue weighted by Gasteiger charge is 2.42. The summed E-state index contributed by atoms with van der Waals surface area (Å²) < 4.78 is 0. The van der Waals surface area contributed by atoms with E-state index in [2.05, 4.69) is 15.5 Å². The van der Waals surface area contributed by atoms with Crippen molar-refractivity contribution in [2.75, 3.05) is 32.7 Å². The zero-order valence-corrected chi connectivity index (χ0v) is 21.6. The summed E-state index contributed by atoms with van der Waals surface area (Å²) in [4.78, 5) is 45.6. The van der Waals surface area contributed by atoms with Gasteiger partial charge in [0.05, 0.1) is 23.5 Å². The molecular weight excluding hydrogens is 470 g/mol. The van der Waals surface area contributed by atoms with Crippen molar-refractivity contribution in [3.63, 3.8) is 0 Å². The summed E-state index contributed by atoms with van der Waals surface area (Å²) in [6, 6.07) is 2.87. The van der Waals surface area contributed by atoms with Crippen LogP contribution in [0.15, 0.2) is 12.1 Å². The molecule has 37 heavy (non-hydrogen) atoms. The lowest BCUT2D eigenvalue weighted by Gasteiger charge is -2.45. The SMILES string of the molecule is O=C1CCC(N2Cc3nc(C4(O)CCN(CC5CCC6(CCNCC6)CC5)CC4)ccc3C2=O)C(=O)N1. The average Bonchev–Trinajstić information content (AvgIpc) is 3.23. The number of aromatic nitrogens is 1. The van der Waals surface area contributed by atoms with Crippen LogP contribution < -0.4 is 10.6 Å². The number of piperidine rings is 3. The van der Waals surface area contributed by atoms with Crippen LogP contribution in [0.4, 0.5) is 0 Å². The van der Waals surface area contributed by atoms with Gasteiger partial charge in [-0.3, -0.25) is 24.7 Å². The molecule has 1 spiro atoms. The molecule has 5 aliphatic rings. The van der Waals surface area contributed by atoms with E-state index in [9.17, 15) is 19.5 Å². The van der Waals surface area contributed by atoms with Gasteiger partial charge in [-0.1, -0.05) is 0 Å². The maximum atomic E-state index is 13.0. The van der Waals surface area contributed by atoms with Crippen molar-refractivity contribution < 1.29 is 19.5 Å². The van der Waals surface area contributed by atoms with E-state index in [0.29, 0.717) is 41.6 Å². The number of imide groups is 1. The Morgan fingerprint density at radius 1 is 0.973 bits per heavy atom. The molecule has 4 aliphatic heterocycles. The standard InChI is InChI=1S/C28H39N5O4/c34-24-4-2-22(25(35)31-24)33-18-21-20(26(33)36)1-3-23(30-21)28(37)11-15-32(16-12-28)17-19-5-7-27(8-6-19)9-13-29-14-10-27/h1,3,19,22,29,37H,2,4-18H2,(H,31,34,35). The Kier molecular flexibility index (Phi) is 6.57. The molecule has 3 amide bonds. The summed E-state index contributed by atoms with van der Waals surface area (Å²) in [5.41, 5.74) is 1.31. The molecule has 9 heteroatoms. The fourth-order valence-electron chi connectivity index (χ4n) is 7.35. The van der Waals surface area contributed by atoms with Gasteiger partial charge in [0.2, 0.25) is 11.8 Å². The Balaban J connectivity index is 1.05. The highest BCUT2D eigenvalue weighted by molar-refractivity contribution is 6.05. The predicted molar refractivity (Wildman–Crippen MR) is 136 cm³/mol. The second-order valence-electron chi connectivity index (χ2n) is 12.1. The molecule has 3 N–H and O–H groups in total. The van der Waals surface area contributed by atoms with Crippen LogP contribution in [0, 0.1) is 11.3 Å². The Morgan fingerprint density at radius 2 is 1.70 bits per heavy atom.